The summed E-state index contributed by atoms with van der Waals surface area (Å²) >= 11 is 0. The van der Waals surface area contributed by atoms with Crippen LogP contribution in [0.1, 0.15) is 36.2 Å². The van der Waals surface area contributed by atoms with Crippen LogP contribution in [0.15, 0.2) is 48.5 Å². The van der Waals surface area contributed by atoms with Crippen molar-refractivity contribution in [3.8, 4) is 11.5 Å². The van der Waals surface area contributed by atoms with Crippen molar-refractivity contribution in [2.75, 3.05) is 54.1 Å². The lowest BCUT2D eigenvalue weighted by atomic mass is 9.99. The number of nitrogens with one attached hydrogen (secondary N) is 1. The van der Waals surface area contributed by atoms with Crippen LogP contribution in [-0.2, 0) is 11.3 Å². The standard InChI is InChI=1S/C28H41N3O4/c1-21(2)31(20-24-17-29-18-25(24)30(3)19-22-10-7-6-8-11-22)28(32)23-12-13-26(34-5)27(16-23)35-15-9-14-33-4/h6-8,10-13,16,21,24-25,29H,9,14-15,17-20H2,1-5H3/t24-,25+/m1/s1. The lowest BCUT2D eigenvalue weighted by molar-refractivity contribution is 0.0639. The van der Waals surface area contributed by atoms with Crippen molar-refractivity contribution >= 4 is 5.91 Å². The van der Waals surface area contributed by atoms with Gasteiger partial charge in [-0.25, -0.2) is 0 Å². The fraction of sp³-hybridized carbons (Fsp3) is 0.536. The lowest BCUT2D eigenvalue weighted by Gasteiger charge is -2.35. The van der Waals surface area contributed by atoms with Crippen molar-refractivity contribution < 1.29 is 19.0 Å². The van der Waals surface area contributed by atoms with Gasteiger partial charge in [0.2, 0.25) is 0 Å². The van der Waals surface area contributed by atoms with Gasteiger partial charge in [0.25, 0.3) is 5.91 Å². The second kappa shape index (κ2) is 13.5. The Morgan fingerprint density at radius 2 is 1.83 bits per heavy atom. The summed E-state index contributed by atoms with van der Waals surface area (Å²) in [4.78, 5) is 18.0. The van der Waals surface area contributed by atoms with E-state index in [4.69, 9.17) is 14.2 Å². The molecule has 2 aromatic carbocycles. The maximum absolute atomic E-state index is 13.6. The van der Waals surface area contributed by atoms with Gasteiger partial charge >= 0.3 is 0 Å². The molecule has 2 aromatic rings. The molecule has 0 bridgehead atoms. The predicted molar refractivity (Wildman–Crippen MR) is 139 cm³/mol. The first-order chi connectivity index (χ1) is 16.9. The van der Waals surface area contributed by atoms with E-state index >= 15 is 0 Å². The molecule has 1 saturated heterocycles. The summed E-state index contributed by atoms with van der Waals surface area (Å²) in [5.74, 6) is 1.57. The van der Waals surface area contributed by atoms with Crippen LogP contribution in [0.25, 0.3) is 0 Å². The fourth-order valence-electron chi connectivity index (χ4n) is 4.66. The Labute approximate surface area is 210 Å². The minimum Gasteiger partial charge on any atom is -0.493 e. The van der Waals surface area contributed by atoms with Crippen LogP contribution < -0.4 is 14.8 Å². The first-order valence-corrected chi connectivity index (χ1v) is 12.5. The molecule has 1 heterocycles. The highest BCUT2D eigenvalue weighted by molar-refractivity contribution is 5.95. The fourth-order valence-corrected chi connectivity index (χ4v) is 4.66. The highest BCUT2D eigenvalue weighted by Crippen LogP contribution is 2.29. The molecule has 2 atom stereocenters. The van der Waals surface area contributed by atoms with E-state index in [1.54, 1.807) is 20.3 Å². The Balaban J connectivity index is 1.71. The quantitative estimate of drug-likeness (QED) is 0.439. The van der Waals surface area contributed by atoms with Crippen LogP contribution in [0.3, 0.4) is 0 Å². The number of methoxy groups -OCH3 is 2. The molecular formula is C28H41N3O4. The summed E-state index contributed by atoms with van der Waals surface area (Å²) in [6.45, 7) is 8.69. The third kappa shape index (κ3) is 7.43. The summed E-state index contributed by atoms with van der Waals surface area (Å²) in [6.07, 6.45) is 0.766. The minimum atomic E-state index is 0.0146. The molecule has 0 spiro atoms. The number of carbonyl (C=O) groups excluding carboxylic acids is 1. The third-order valence-electron chi connectivity index (χ3n) is 6.62. The van der Waals surface area contributed by atoms with Crippen LogP contribution in [-0.4, -0.2) is 81.9 Å². The Morgan fingerprint density at radius 1 is 1.06 bits per heavy atom. The average Bonchev–Trinajstić information content (AvgIpc) is 3.33. The van der Waals surface area contributed by atoms with E-state index in [1.807, 2.05) is 23.1 Å². The zero-order valence-corrected chi connectivity index (χ0v) is 21.8. The first kappa shape index (κ1) is 27.0. The van der Waals surface area contributed by atoms with Gasteiger partial charge in [0.15, 0.2) is 11.5 Å². The maximum atomic E-state index is 13.6. The summed E-state index contributed by atoms with van der Waals surface area (Å²) in [5.41, 5.74) is 1.91. The molecule has 1 fully saturated rings. The molecular weight excluding hydrogens is 442 g/mol. The zero-order chi connectivity index (χ0) is 25.2. The molecule has 0 saturated carbocycles. The molecule has 1 amide bonds. The number of likely N-dealkylation sites (N-methyl/N-ethyl adjacent to an activating group) is 1. The van der Waals surface area contributed by atoms with E-state index < -0.39 is 0 Å². The van der Waals surface area contributed by atoms with Crippen LogP contribution in [0.2, 0.25) is 0 Å². The molecule has 7 heteroatoms. The number of rotatable bonds is 13. The molecule has 7 nitrogen and oxygen atoms in total. The Morgan fingerprint density at radius 3 is 2.51 bits per heavy atom. The van der Waals surface area contributed by atoms with Crippen LogP contribution in [0.5, 0.6) is 11.5 Å². The highest BCUT2D eigenvalue weighted by Gasteiger charge is 2.34. The molecule has 3 rings (SSSR count). The lowest BCUT2D eigenvalue weighted by Crippen LogP contribution is -2.46. The van der Waals surface area contributed by atoms with Crippen molar-refractivity contribution in [2.45, 2.75) is 38.9 Å². The largest absolute Gasteiger partial charge is 0.493 e. The van der Waals surface area contributed by atoms with Crippen LogP contribution in [0, 0.1) is 5.92 Å². The molecule has 1 aliphatic heterocycles. The van der Waals surface area contributed by atoms with Crippen LogP contribution in [0.4, 0.5) is 0 Å². The van der Waals surface area contributed by atoms with Crippen molar-refractivity contribution in [3.63, 3.8) is 0 Å². The van der Waals surface area contributed by atoms with Gasteiger partial charge in [-0.05, 0) is 44.7 Å². The molecule has 1 N–H and O–H groups in total. The molecule has 1 aliphatic rings. The second-order valence-corrected chi connectivity index (χ2v) is 9.50. The third-order valence-corrected chi connectivity index (χ3v) is 6.62. The Kier molecular flexibility index (Phi) is 10.4. The van der Waals surface area contributed by atoms with Gasteiger partial charge in [-0.3, -0.25) is 9.69 Å². The van der Waals surface area contributed by atoms with Crippen molar-refractivity contribution in [2.24, 2.45) is 5.92 Å². The maximum Gasteiger partial charge on any atom is 0.254 e. The van der Waals surface area contributed by atoms with E-state index in [9.17, 15) is 4.79 Å². The topological polar surface area (TPSA) is 63.3 Å². The number of hydrogen-bond donors (Lipinski definition) is 1. The monoisotopic (exact) mass is 483 g/mol. The molecule has 0 radical (unpaired) electrons. The normalized spacial score (nSPS) is 17.7. The number of hydrogen-bond acceptors (Lipinski definition) is 6. The smallest absolute Gasteiger partial charge is 0.254 e. The van der Waals surface area contributed by atoms with Crippen molar-refractivity contribution in [3.05, 3.63) is 59.7 Å². The summed E-state index contributed by atoms with van der Waals surface area (Å²) in [7, 11) is 5.46. The predicted octanol–water partition coefficient (Wildman–Crippen LogP) is 3.68. The SMILES string of the molecule is COCCCOc1cc(C(=O)N(C[C@H]2CNC[C@@H]2N(C)Cc2ccccc2)C(C)C)ccc1OC. The zero-order valence-electron chi connectivity index (χ0n) is 21.8. The molecule has 192 valence electrons. The molecule has 35 heavy (non-hydrogen) atoms. The highest BCUT2D eigenvalue weighted by atomic mass is 16.5. The summed E-state index contributed by atoms with van der Waals surface area (Å²) < 4.78 is 16.5. The molecule has 0 aromatic heterocycles. The number of benzene rings is 2. The second-order valence-electron chi connectivity index (χ2n) is 9.50. The van der Waals surface area contributed by atoms with Gasteiger partial charge < -0.3 is 24.4 Å². The van der Waals surface area contributed by atoms with E-state index in [1.165, 1.54) is 5.56 Å². The van der Waals surface area contributed by atoms with Gasteiger partial charge in [-0.1, -0.05) is 30.3 Å². The Bertz CT molecular complexity index is 922. The van der Waals surface area contributed by atoms with Crippen LogP contribution >= 0.6 is 0 Å². The number of ether oxygens (including phenoxy) is 3. The Hall–Kier alpha value is -2.61. The first-order valence-electron chi connectivity index (χ1n) is 12.5. The number of carbonyl (C=O) groups is 1. The summed E-state index contributed by atoms with van der Waals surface area (Å²) in [5, 5.41) is 3.54. The van der Waals surface area contributed by atoms with E-state index in [2.05, 4.69) is 55.4 Å². The van der Waals surface area contributed by atoms with E-state index in [-0.39, 0.29) is 11.9 Å². The average molecular weight is 484 g/mol. The van der Waals surface area contributed by atoms with Crippen molar-refractivity contribution in [1.29, 1.82) is 0 Å². The van der Waals surface area contributed by atoms with E-state index in [0.717, 1.165) is 26.1 Å². The van der Waals surface area contributed by atoms with Gasteiger partial charge in [-0.2, -0.15) is 0 Å². The number of nitrogens with zero attached hydrogens (tertiary/aromatic N) is 2. The number of amides is 1. The minimum absolute atomic E-state index is 0.0146. The van der Waals surface area contributed by atoms with Crippen molar-refractivity contribution in [1.82, 2.24) is 15.1 Å². The molecule has 0 aliphatic carbocycles. The molecule has 0 unspecified atom stereocenters. The van der Waals surface area contributed by atoms with E-state index in [0.29, 0.717) is 48.8 Å². The van der Waals surface area contributed by atoms with Gasteiger partial charge in [-0.15, -0.1) is 0 Å². The van der Waals surface area contributed by atoms with Gasteiger partial charge in [0.05, 0.1) is 13.7 Å². The van der Waals surface area contributed by atoms with Gasteiger partial charge in [0, 0.05) is 69.9 Å². The van der Waals surface area contributed by atoms with Gasteiger partial charge in [0.1, 0.15) is 0 Å². The summed E-state index contributed by atoms with van der Waals surface area (Å²) in [6, 6.07) is 16.4.